The highest BCUT2D eigenvalue weighted by Crippen LogP contribution is 2.16. The second-order valence-electron chi connectivity index (χ2n) is 5.26. The smallest absolute Gasteiger partial charge is 0.337 e. The number of halogens is 1. The molecule has 0 saturated carbocycles. The van der Waals surface area contributed by atoms with Gasteiger partial charge >= 0.3 is 5.97 Å². The van der Waals surface area contributed by atoms with Crippen LogP contribution in [0.15, 0.2) is 0 Å². The van der Waals surface area contributed by atoms with Gasteiger partial charge in [0.2, 0.25) is 0 Å². The molecule has 78 valence electrons. The molecule has 13 heavy (non-hydrogen) atoms. The third kappa shape index (κ3) is 5.03. The van der Waals surface area contributed by atoms with Crippen molar-refractivity contribution < 1.29 is 13.9 Å². The van der Waals surface area contributed by atoms with Gasteiger partial charge in [-0.25, -0.2) is 9.18 Å². The Hall–Kier alpha value is -0.383. The molecule has 0 amide bonds. The van der Waals surface area contributed by atoms with Gasteiger partial charge in [-0.1, -0.05) is 19.6 Å². The van der Waals surface area contributed by atoms with Crippen LogP contribution in [-0.4, -0.2) is 25.4 Å². The van der Waals surface area contributed by atoms with Crippen molar-refractivity contribution in [2.45, 2.75) is 51.8 Å². The average molecular weight is 206 g/mol. The van der Waals surface area contributed by atoms with Crippen molar-refractivity contribution in [3.05, 3.63) is 0 Å². The van der Waals surface area contributed by atoms with Gasteiger partial charge < -0.3 is 4.74 Å². The largest absolute Gasteiger partial charge is 0.458 e. The molecule has 0 radical (unpaired) electrons. The topological polar surface area (TPSA) is 26.3 Å². The number of carbonyl (C=O) groups excluding carboxylic acids is 1. The molecule has 0 fully saturated rings. The lowest BCUT2D eigenvalue weighted by Gasteiger charge is -2.25. The molecule has 0 N–H and O–H groups in total. The molecule has 0 aromatic carbocycles. The first-order chi connectivity index (χ1) is 5.54. The van der Waals surface area contributed by atoms with Crippen LogP contribution in [0.4, 0.5) is 4.39 Å². The number of hydrogen-bond acceptors (Lipinski definition) is 2. The van der Waals surface area contributed by atoms with Gasteiger partial charge in [-0.3, -0.25) is 0 Å². The lowest BCUT2D eigenvalue weighted by Crippen LogP contribution is -2.44. The lowest BCUT2D eigenvalue weighted by atomic mass is 10.2. The second-order valence-corrected chi connectivity index (χ2v) is 10.5. The zero-order valence-electron chi connectivity index (χ0n) is 9.27. The van der Waals surface area contributed by atoms with Crippen LogP contribution in [0.5, 0.6) is 0 Å². The van der Waals surface area contributed by atoms with Crippen LogP contribution in [0.2, 0.25) is 19.6 Å². The molecule has 0 aromatic rings. The number of alkyl halides is 1. The van der Waals surface area contributed by atoms with E-state index in [0.717, 1.165) is 0 Å². The van der Waals surface area contributed by atoms with E-state index in [4.69, 9.17) is 4.74 Å². The van der Waals surface area contributed by atoms with E-state index in [0.29, 0.717) is 0 Å². The van der Waals surface area contributed by atoms with E-state index < -0.39 is 25.4 Å². The monoisotopic (exact) mass is 206 g/mol. The fourth-order valence-corrected chi connectivity index (χ4v) is 1.47. The molecular formula is C9H19FO2Si. The number of esters is 1. The molecule has 2 nitrogen and oxygen atoms in total. The Balaban J connectivity index is 4.30. The molecule has 0 aliphatic rings. The molecule has 0 heterocycles. The van der Waals surface area contributed by atoms with Crippen molar-refractivity contribution in [2.75, 3.05) is 0 Å². The van der Waals surface area contributed by atoms with E-state index in [9.17, 15) is 9.18 Å². The van der Waals surface area contributed by atoms with Crippen LogP contribution >= 0.6 is 0 Å². The zero-order valence-corrected chi connectivity index (χ0v) is 10.3. The van der Waals surface area contributed by atoms with E-state index in [1.807, 2.05) is 19.6 Å². The molecule has 0 bridgehead atoms. The summed E-state index contributed by atoms with van der Waals surface area (Å²) >= 11 is 0. The minimum atomic E-state index is -2.06. The number of rotatable bonds is 2. The van der Waals surface area contributed by atoms with Crippen molar-refractivity contribution in [3.8, 4) is 0 Å². The van der Waals surface area contributed by atoms with Gasteiger partial charge in [0.25, 0.3) is 0 Å². The van der Waals surface area contributed by atoms with Crippen molar-refractivity contribution in [2.24, 2.45) is 0 Å². The molecule has 0 spiro atoms. The predicted octanol–water partition coefficient (Wildman–Crippen LogP) is 2.54. The zero-order chi connectivity index (χ0) is 10.9. The lowest BCUT2D eigenvalue weighted by molar-refractivity contribution is -0.158. The van der Waals surface area contributed by atoms with Crippen molar-refractivity contribution >= 4 is 14.0 Å². The van der Waals surface area contributed by atoms with Gasteiger partial charge in [0, 0.05) is 0 Å². The molecule has 0 aliphatic heterocycles. The first kappa shape index (κ1) is 12.6. The summed E-state index contributed by atoms with van der Waals surface area (Å²) in [6.07, 6.45) is 0. The van der Waals surface area contributed by atoms with Crippen molar-refractivity contribution in [3.63, 3.8) is 0 Å². The van der Waals surface area contributed by atoms with Gasteiger partial charge in [-0.15, -0.1) is 0 Å². The number of ether oxygens (including phenoxy) is 1. The molecule has 0 rings (SSSR count). The highest BCUT2D eigenvalue weighted by molar-refractivity contribution is 6.80. The van der Waals surface area contributed by atoms with Crippen LogP contribution in [0, 0.1) is 0 Å². The first-order valence-electron chi connectivity index (χ1n) is 4.41. The average Bonchev–Trinajstić information content (AvgIpc) is 1.79. The summed E-state index contributed by atoms with van der Waals surface area (Å²) in [4.78, 5) is 11.2. The van der Waals surface area contributed by atoms with Crippen LogP contribution in [0.1, 0.15) is 20.8 Å². The Morgan fingerprint density at radius 1 is 1.31 bits per heavy atom. The van der Waals surface area contributed by atoms with Crippen LogP contribution in [0.25, 0.3) is 0 Å². The fourth-order valence-electron chi connectivity index (χ4n) is 0.707. The van der Waals surface area contributed by atoms with Crippen molar-refractivity contribution in [1.82, 2.24) is 0 Å². The van der Waals surface area contributed by atoms with E-state index in [2.05, 4.69) is 0 Å². The van der Waals surface area contributed by atoms with Crippen LogP contribution in [-0.2, 0) is 9.53 Å². The van der Waals surface area contributed by atoms with Crippen LogP contribution in [0.3, 0.4) is 0 Å². The first-order valence-corrected chi connectivity index (χ1v) is 7.99. The van der Waals surface area contributed by atoms with E-state index in [1.165, 1.54) is 0 Å². The van der Waals surface area contributed by atoms with E-state index >= 15 is 0 Å². The number of carbonyl (C=O) groups is 1. The summed E-state index contributed by atoms with van der Waals surface area (Å²) in [7, 11) is -2.06. The molecule has 0 saturated heterocycles. The Morgan fingerprint density at radius 3 is 1.92 bits per heavy atom. The summed E-state index contributed by atoms with van der Waals surface area (Å²) < 4.78 is 18.4. The minimum Gasteiger partial charge on any atom is -0.458 e. The Kier molecular flexibility index (Phi) is 3.67. The van der Waals surface area contributed by atoms with Gasteiger partial charge in [-0.05, 0) is 20.8 Å². The third-order valence-electron chi connectivity index (χ3n) is 1.37. The molecule has 1 unspecified atom stereocenters. The molecule has 0 aromatic heterocycles. The summed E-state index contributed by atoms with van der Waals surface area (Å²) in [6, 6.07) is 0. The van der Waals surface area contributed by atoms with Crippen molar-refractivity contribution in [1.29, 1.82) is 0 Å². The van der Waals surface area contributed by atoms with Crippen LogP contribution < -0.4 is 0 Å². The summed E-state index contributed by atoms with van der Waals surface area (Å²) in [5.41, 5.74) is -0.596. The highest BCUT2D eigenvalue weighted by atomic mass is 28.3. The minimum absolute atomic E-state index is 0.596. The van der Waals surface area contributed by atoms with Gasteiger partial charge in [0.1, 0.15) is 5.60 Å². The number of hydrogen-bond donors (Lipinski definition) is 0. The molecular weight excluding hydrogens is 187 g/mol. The Bertz CT molecular complexity index is 191. The summed E-state index contributed by atoms with van der Waals surface area (Å²) in [6.45, 7) is 10.6. The van der Waals surface area contributed by atoms with Gasteiger partial charge in [-0.2, -0.15) is 0 Å². The van der Waals surface area contributed by atoms with Gasteiger partial charge in [0.15, 0.2) is 5.79 Å². The molecule has 0 aliphatic carbocycles. The van der Waals surface area contributed by atoms with Gasteiger partial charge in [0.05, 0.1) is 8.07 Å². The maximum atomic E-state index is 13.4. The molecule has 1 atom stereocenters. The fraction of sp³-hybridized carbons (Fsp3) is 0.889. The maximum Gasteiger partial charge on any atom is 0.337 e. The highest BCUT2D eigenvalue weighted by Gasteiger charge is 2.36. The van der Waals surface area contributed by atoms with E-state index in [-0.39, 0.29) is 0 Å². The summed E-state index contributed by atoms with van der Waals surface area (Å²) in [5.74, 6) is -2.14. The Morgan fingerprint density at radius 2 is 1.69 bits per heavy atom. The standard InChI is InChI=1S/C9H19FO2Si/c1-9(2,3)12-8(11)7(10)13(4,5)6/h7H,1-6H3. The Labute approximate surface area is 80.5 Å². The van der Waals surface area contributed by atoms with E-state index in [1.54, 1.807) is 20.8 Å². The third-order valence-corrected chi connectivity index (χ3v) is 3.13. The maximum absolute atomic E-state index is 13.4. The second kappa shape index (κ2) is 3.78. The predicted molar refractivity (Wildman–Crippen MR) is 54.1 cm³/mol. The normalized spacial score (nSPS) is 15.3. The molecule has 4 heteroatoms. The SMILES string of the molecule is CC(C)(C)OC(=O)C(F)[Si](C)(C)C. The quantitative estimate of drug-likeness (QED) is 0.512. The summed E-state index contributed by atoms with van der Waals surface area (Å²) in [5, 5.41) is 0.